The van der Waals surface area contributed by atoms with Gasteiger partial charge < -0.3 is 14.7 Å². The Labute approximate surface area is 131 Å². The zero-order valence-electron chi connectivity index (χ0n) is 12.9. The number of hydrogen-bond acceptors (Lipinski definition) is 4. The zero-order chi connectivity index (χ0) is 15.4. The molecule has 2 fully saturated rings. The summed E-state index contributed by atoms with van der Waals surface area (Å²) in [6.07, 6.45) is 0.387. The SMILES string of the molecule is O=C([C@H]1CCOC1)N1CCN(C[C@@H](O)c2ccccc2)CC1. The molecule has 1 N–H and O–H groups in total. The monoisotopic (exact) mass is 304 g/mol. The number of piperazine rings is 1. The third-order valence-electron chi connectivity index (χ3n) is 4.58. The number of amides is 1. The highest BCUT2D eigenvalue weighted by molar-refractivity contribution is 5.79. The van der Waals surface area contributed by atoms with Crippen molar-refractivity contribution in [3.63, 3.8) is 0 Å². The molecule has 0 aromatic heterocycles. The topological polar surface area (TPSA) is 53.0 Å². The van der Waals surface area contributed by atoms with Crippen LogP contribution in [0.2, 0.25) is 0 Å². The van der Waals surface area contributed by atoms with Crippen molar-refractivity contribution in [3.05, 3.63) is 35.9 Å². The molecule has 1 amide bonds. The Morgan fingerprint density at radius 2 is 1.95 bits per heavy atom. The molecule has 120 valence electrons. The van der Waals surface area contributed by atoms with Gasteiger partial charge in [0.15, 0.2) is 0 Å². The molecule has 0 bridgehead atoms. The summed E-state index contributed by atoms with van der Waals surface area (Å²) >= 11 is 0. The van der Waals surface area contributed by atoms with Gasteiger partial charge in [0.05, 0.1) is 18.6 Å². The van der Waals surface area contributed by atoms with Crippen LogP contribution in [0.5, 0.6) is 0 Å². The van der Waals surface area contributed by atoms with Crippen LogP contribution in [0.4, 0.5) is 0 Å². The van der Waals surface area contributed by atoms with Crippen LogP contribution in [-0.2, 0) is 9.53 Å². The first-order chi connectivity index (χ1) is 10.7. The molecule has 3 rings (SSSR count). The van der Waals surface area contributed by atoms with E-state index >= 15 is 0 Å². The van der Waals surface area contributed by atoms with Crippen LogP contribution in [0.25, 0.3) is 0 Å². The highest BCUT2D eigenvalue weighted by atomic mass is 16.5. The van der Waals surface area contributed by atoms with E-state index in [0.717, 1.165) is 38.2 Å². The average Bonchev–Trinajstić information content (AvgIpc) is 3.10. The van der Waals surface area contributed by atoms with Crippen molar-refractivity contribution in [3.8, 4) is 0 Å². The Morgan fingerprint density at radius 1 is 1.23 bits per heavy atom. The summed E-state index contributed by atoms with van der Waals surface area (Å²) in [6, 6.07) is 9.74. The fourth-order valence-corrected chi connectivity index (χ4v) is 3.16. The number of aliphatic hydroxyl groups excluding tert-OH is 1. The molecule has 5 heteroatoms. The third-order valence-corrected chi connectivity index (χ3v) is 4.58. The molecule has 2 aliphatic rings. The molecule has 22 heavy (non-hydrogen) atoms. The molecule has 1 aromatic rings. The van der Waals surface area contributed by atoms with E-state index in [0.29, 0.717) is 19.8 Å². The fraction of sp³-hybridized carbons (Fsp3) is 0.588. The Hall–Kier alpha value is -1.43. The van der Waals surface area contributed by atoms with Gasteiger partial charge >= 0.3 is 0 Å². The van der Waals surface area contributed by atoms with Crippen molar-refractivity contribution in [2.45, 2.75) is 12.5 Å². The van der Waals surface area contributed by atoms with Crippen LogP contribution < -0.4 is 0 Å². The van der Waals surface area contributed by atoms with Gasteiger partial charge in [-0.1, -0.05) is 30.3 Å². The van der Waals surface area contributed by atoms with E-state index in [4.69, 9.17) is 4.74 Å². The standard InChI is InChI=1S/C17H24N2O3/c20-16(14-4-2-1-3-5-14)12-18-7-9-19(10-8-18)17(21)15-6-11-22-13-15/h1-5,15-16,20H,6-13H2/t15-,16+/m0/s1. The average molecular weight is 304 g/mol. The molecular weight excluding hydrogens is 280 g/mol. The quantitative estimate of drug-likeness (QED) is 0.898. The summed E-state index contributed by atoms with van der Waals surface area (Å²) in [7, 11) is 0. The Balaban J connectivity index is 1.46. The minimum atomic E-state index is -0.466. The van der Waals surface area contributed by atoms with E-state index in [2.05, 4.69) is 4.90 Å². The maximum absolute atomic E-state index is 12.3. The minimum Gasteiger partial charge on any atom is -0.387 e. The van der Waals surface area contributed by atoms with Gasteiger partial charge in [-0.2, -0.15) is 0 Å². The molecule has 0 unspecified atom stereocenters. The predicted octanol–water partition coefficient (Wildman–Crippen LogP) is 0.901. The molecule has 0 saturated carbocycles. The first kappa shape index (κ1) is 15.5. The van der Waals surface area contributed by atoms with Gasteiger partial charge in [0.25, 0.3) is 0 Å². The number of nitrogens with zero attached hydrogens (tertiary/aromatic N) is 2. The van der Waals surface area contributed by atoms with Crippen LogP contribution >= 0.6 is 0 Å². The lowest BCUT2D eigenvalue weighted by Crippen LogP contribution is -2.51. The molecule has 0 radical (unpaired) electrons. The van der Waals surface area contributed by atoms with Crippen LogP contribution in [-0.4, -0.2) is 66.8 Å². The number of hydrogen-bond donors (Lipinski definition) is 1. The van der Waals surface area contributed by atoms with E-state index < -0.39 is 6.10 Å². The first-order valence-electron chi connectivity index (χ1n) is 8.06. The van der Waals surface area contributed by atoms with Gasteiger partial charge in [-0.3, -0.25) is 9.69 Å². The Bertz CT molecular complexity index is 480. The molecular formula is C17H24N2O3. The summed E-state index contributed by atoms with van der Waals surface area (Å²) in [6.45, 7) is 5.05. The normalized spacial score (nSPS) is 24.4. The summed E-state index contributed by atoms with van der Waals surface area (Å²) < 4.78 is 5.30. The Kier molecular flexibility index (Phi) is 5.08. The van der Waals surface area contributed by atoms with Crippen LogP contribution in [0.15, 0.2) is 30.3 Å². The lowest BCUT2D eigenvalue weighted by Gasteiger charge is -2.36. The molecule has 1 aromatic carbocycles. The predicted molar refractivity (Wildman–Crippen MR) is 83.3 cm³/mol. The number of β-amino-alcohol motifs (C(OH)–C–C–N with tert-alkyl or cyclic N) is 1. The van der Waals surface area contributed by atoms with Crippen molar-refractivity contribution in [2.24, 2.45) is 5.92 Å². The molecule has 0 spiro atoms. The second-order valence-electron chi connectivity index (χ2n) is 6.11. The van der Waals surface area contributed by atoms with E-state index in [1.54, 1.807) is 0 Å². The largest absolute Gasteiger partial charge is 0.387 e. The van der Waals surface area contributed by atoms with E-state index in [1.165, 1.54) is 0 Å². The van der Waals surface area contributed by atoms with E-state index in [1.807, 2.05) is 35.2 Å². The number of rotatable bonds is 4. The van der Waals surface area contributed by atoms with Crippen LogP contribution in [0.3, 0.4) is 0 Å². The summed E-state index contributed by atoms with van der Waals surface area (Å²) in [4.78, 5) is 16.5. The number of benzene rings is 1. The van der Waals surface area contributed by atoms with Crippen LogP contribution in [0.1, 0.15) is 18.1 Å². The first-order valence-corrected chi connectivity index (χ1v) is 8.06. The second-order valence-corrected chi connectivity index (χ2v) is 6.11. The van der Waals surface area contributed by atoms with Gasteiger partial charge in [0, 0.05) is 39.3 Å². The van der Waals surface area contributed by atoms with Crippen molar-refractivity contribution >= 4 is 5.91 Å². The van der Waals surface area contributed by atoms with Crippen molar-refractivity contribution in [1.82, 2.24) is 9.80 Å². The second kappa shape index (κ2) is 7.22. The molecule has 0 aliphatic carbocycles. The minimum absolute atomic E-state index is 0.0569. The third kappa shape index (κ3) is 3.66. The van der Waals surface area contributed by atoms with Gasteiger partial charge in [0.1, 0.15) is 0 Å². The Morgan fingerprint density at radius 3 is 2.59 bits per heavy atom. The summed E-state index contributed by atoms with van der Waals surface area (Å²) in [5.41, 5.74) is 0.948. The number of ether oxygens (including phenoxy) is 1. The molecule has 2 heterocycles. The summed E-state index contributed by atoms with van der Waals surface area (Å²) in [5, 5.41) is 10.3. The fourth-order valence-electron chi connectivity index (χ4n) is 3.16. The number of carbonyl (C=O) groups excluding carboxylic acids is 1. The lowest BCUT2D eigenvalue weighted by atomic mass is 10.1. The van der Waals surface area contributed by atoms with E-state index in [9.17, 15) is 9.90 Å². The highest BCUT2D eigenvalue weighted by Gasteiger charge is 2.30. The molecule has 5 nitrogen and oxygen atoms in total. The maximum Gasteiger partial charge on any atom is 0.228 e. The lowest BCUT2D eigenvalue weighted by molar-refractivity contribution is -0.137. The van der Waals surface area contributed by atoms with Crippen molar-refractivity contribution in [2.75, 3.05) is 45.9 Å². The summed E-state index contributed by atoms with van der Waals surface area (Å²) in [5.74, 6) is 0.294. The maximum atomic E-state index is 12.3. The smallest absolute Gasteiger partial charge is 0.228 e. The van der Waals surface area contributed by atoms with Gasteiger partial charge in [-0.25, -0.2) is 0 Å². The van der Waals surface area contributed by atoms with Gasteiger partial charge in [-0.15, -0.1) is 0 Å². The van der Waals surface area contributed by atoms with Crippen LogP contribution in [0, 0.1) is 5.92 Å². The number of carbonyl (C=O) groups is 1. The molecule has 2 atom stereocenters. The van der Waals surface area contributed by atoms with Crippen molar-refractivity contribution in [1.29, 1.82) is 0 Å². The zero-order valence-corrected chi connectivity index (χ0v) is 12.9. The molecule has 2 aliphatic heterocycles. The highest BCUT2D eigenvalue weighted by Crippen LogP contribution is 2.18. The molecule has 2 saturated heterocycles. The van der Waals surface area contributed by atoms with Gasteiger partial charge in [0.2, 0.25) is 5.91 Å². The van der Waals surface area contributed by atoms with Gasteiger partial charge in [-0.05, 0) is 12.0 Å². The van der Waals surface area contributed by atoms with Crippen molar-refractivity contribution < 1.29 is 14.6 Å². The number of aliphatic hydroxyl groups is 1. The van der Waals surface area contributed by atoms with E-state index in [-0.39, 0.29) is 11.8 Å².